The molecule has 9 nitrogen and oxygen atoms in total. The average Bonchev–Trinajstić information content (AvgIpc) is 2.68. The number of carbonyl (C=O) groups excluding carboxylic acids is 3. The van der Waals surface area contributed by atoms with E-state index >= 15 is 0 Å². The van der Waals surface area contributed by atoms with Gasteiger partial charge in [0.25, 0.3) is 21.8 Å². The Bertz CT molecular complexity index is 969. The molecule has 0 unspecified atom stereocenters. The zero-order valence-corrected chi connectivity index (χ0v) is 16.1. The summed E-state index contributed by atoms with van der Waals surface area (Å²) in [7, 11) is -4.15. The quantitative estimate of drug-likeness (QED) is 0.660. The highest BCUT2D eigenvalue weighted by atomic mass is 32.2. The molecule has 1 heterocycles. The maximum atomic E-state index is 12.4. The molecule has 2 amide bonds. The van der Waals surface area contributed by atoms with Gasteiger partial charge < -0.3 is 10.1 Å². The third-order valence-electron chi connectivity index (χ3n) is 3.50. The molecule has 28 heavy (non-hydrogen) atoms. The van der Waals surface area contributed by atoms with Gasteiger partial charge in [-0.3, -0.25) is 9.59 Å². The molecule has 0 bridgehead atoms. The van der Waals surface area contributed by atoms with Crippen molar-refractivity contribution in [1.82, 2.24) is 15.0 Å². The average molecular weight is 405 g/mol. The first-order valence-corrected chi connectivity index (χ1v) is 9.85. The van der Waals surface area contributed by atoms with Crippen LogP contribution in [0.4, 0.5) is 0 Å². The lowest BCUT2D eigenvalue weighted by Crippen LogP contribution is -2.31. The fourth-order valence-corrected chi connectivity index (χ4v) is 3.12. The molecule has 0 spiro atoms. The summed E-state index contributed by atoms with van der Waals surface area (Å²) in [5.41, 5.74) is 0.253. The highest BCUT2D eigenvalue weighted by molar-refractivity contribution is 7.90. The van der Waals surface area contributed by atoms with Crippen LogP contribution in [0.2, 0.25) is 0 Å². The molecule has 10 heteroatoms. The molecule has 0 aliphatic carbocycles. The largest absolute Gasteiger partial charge is 0.461 e. The molecule has 0 saturated heterocycles. The second-order valence-corrected chi connectivity index (χ2v) is 7.15. The summed E-state index contributed by atoms with van der Waals surface area (Å²) >= 11 is 0. The zero-order valence-electron chi connectivity index (χ0n) is 15.3. The van der Waals surface area contributed by atoms with Gasteiger partial charge in [0.15, 0.2) is 0 Å². The molecule has 1 aromatic heterocycles. The number of esters is 1. The standard InChI is InChI=1S/C18H19N3O6S/c1-3-19-16(22)12-5-8-14(9-6-12)28(25,26)21-17(23)13-7-10-15(20-11-13)18(24)27-4-2/h5-11H,3-4H2,1-2H3,(H,19,22)(H,21,23). The fourth-order valence-electron chi connectivity index (χ4n) is 2.14. The van der Waals surface area contributed by atoms with Gasteiger partial charge in [0, 0.05) is 18.3 Å². The highest BCUT2D eigenvalue weighted by Crippen LogP contribution is 2.12. The van der Waals surface area contributed by atoms with Crippen molar-refractivity contribution in [2.75, 3.05) is 13.2 Å². The van der Waals surface area contributed by atoms with Crippen LogP contribution in [-0.2, 0) is 14.8 Å². The summed E-state index contributed by atoms with van der Waals surface area (Å²) in [6.07, 6.45) is 1.08. The second-order valence-electron chi connectivity index (χ2n) is 5.47. The van der Waals surface area contributed by atoms with Gasteiger partial charge in [-0.2, -0.15) is 0 Å². The Balaban J connectivity index is 2.12. The van der Waals surface area contributed by atoms with Gasteiger partial charge in [-0.05, 0) is 50.2 Å². The van der Waals surface area contributed by atoms with Crippen LogP contribution in [0.5, 0.6) is 0 Å². The van der Waals surface area contributed by atoms with Crippen LogP contribution in [0.15, 0.2) is 47.5 Å². The minimum absolute atomic E-state index is 0.00204. The summed E-state index contributed by atoms with van der Waals surface area (Å²) in [4.78, 5) is 39.1. The van der Waals surface area contributed by atoms with Crippen LogP contribution in [0, 0.1) is 0 Å². The molecular weight excluding hydrogens is 386 g/mol. The Morgan fingerprint density at radius 2 is 1.61 bits per heavy atom. The van der Waals surface area contributed by atoms with Crippen LogP contribution in [0.3, 0.4) is 0 Å². The predicted molar refractivity (Wildman–Crippen MR) is 99.3 cm³/mol. The summed E-state index contributed by atoms with van der Waals surface area (Å²) in [6, 6.07) is 7.67. The van der Waals surface area contributed by atoms with Gasteiger partial charge in [-0.15, -0.1) is 0 Å². The maximum absolute atomic E-state index is 12.4. The number of pyridine rings is 1. The topological polar surface area (TPSA) is 132 Å². The van der Waals surface area contributed by atoms with Crippen LogP contribution in [0.1, 0.15) is 45.1 Å². The first kappa shape index (κ1) is 21.0. The van der Waals surface area contributed by atoms with Gasteiger partial charge >= 0.3 is 5.97 Å². The number of amides is 2. The zero-order chi connectivity index (χ0) is 20.7. The normalized spacial score (nSPS) is 10.8. The van der Waals surface area contributed by atoms with Gasteiger partial charge in [-0.1, -0.05) is 0 Å². The Kier molecular flexibility index (Phi) is 6.83. The number of aromatic nitrogens is 1. The number of sulfonamides is 1. The molecule has 2 rings (SSSR count). The number of ether oxygens (including phenoxy) is 1. The predicted octanol–water partition coefficient (Wildman–Crippen LogP) is 1.13. The van der Waals surface area contributed by atoms with E-state index in [1.165, 1.54) is 36.4 Å². The van der Waals surface area contributed by atoms with Crippen molar-refractivity contribution in [3.8, 4) is 0 Å². The van der Waals surface area contributed by atoms with E-state index in [-0.39, 0.29) is 28.7 Å². The van der Waals surface area contributed by atoms with Crippen molar-refractivity contribution in [1.29, 1.82) is 0 Å². The highest BCUT2D eigenvalue weighted by Gasteiger charge is 2.20. The maximum Gasteiger partial charge on any atom is 0.356 e. The summed E-state index contributed by atoms with van der Waals surface area (Å²) < 4.78 is 31.4. The van der Waals surface area contributed by atoms with E-state index in [1.54, 1.807) is 13.8 Å². The first-order chi connectivity index (χ1) is 13.3. The Morgan fingerprint density at radius 1 is 0.964 bits per heavy atom. The Labute approximate surface area is 162 Å². The third-order valence-corrected chi connectivity index (χ3v) is 4.85. The number of nitrogens with one attached hydrogen (secondary N) is 2. The second kappa shape index (κ2) is 9.09. The number of hydrogen-bond donors (Lipinski definition) is 2. The minimum Gasteiger partial charge on any atom is -0.461 e. The molecule has 1 aromatic carbocycles. The van der Waals surface area contributed by atoms with E-state index < -0.39 is 21.9 Å². The molecule has 0 aliphatic rings. The van der Waals surface area contributed by atoms with E-state index in [1.807, 2.05) is 4.72 Å². The minimum atomic E-state index is -4.15. The number of hydrogen-bond acceptors (Lipinski definition) is 7. The van der Waals surface area contributed by atoms with E-state index in [0.29, 0.717) is 12.1 Å². The van der Waals surface area contributed by atoms with Gasteiger partial charge in [0.05, 0.1) is 17.1 Å². The van der Waals surface area contributed by atoms with Crippen molar-refractivity contribution in [2.45, 2.75) is 18.7 Å². The van der Waals surface area contributed by atoms with E-state index in [2.05, 4.69) is 10.3 Å². The number of benzene rings is 1. The Morgan fingerprint density at radius 3 is 2.14 bits per heavy atom. The van der Waals surface area contributed by atoms with Gasteiger partial charge in [0.2, 0.25) is 0 Å². The van der Waals surface area contributed by atoms with Gasteiger partial charge in [-0.25, -0.2) is 22.9 Å². The molecule has 2 aromatic rings. The fraction of sp³-hybridized carbons (Fsp3) is 0.222. The number of nitrogens with zero attached hydrogens (tertiary/aromatic N) is 1. The molecule has 0 atom stereocenters. The smallest absolute Gasteiger partial charge is 0.356 e. The Hall–Kier alpha value is -3.27. The summed E-state index contributed by atoms with van der Waals surface area (Å²) in [5, 5.41) is 2.60. The van der Waals surface area contributed by atoms with Crippen LogP contribution >= 0.6 is 0 Å². The SMILES string of the molecule is CCNC(=O)c1ccc(S(=O)(=O)NC(=O)c2ccc(C(=O)OCC)nc2)cc1. The molecule has 0 saturated carbocycles. The number of carbonyl (C=O) groups is 3. The van der Waals surface area contributed by atoms with Crippen molar-refractivity contribution in [3.05, 3.63) is 59.4 Å². The summed E-state index contributed by atoms with van der Waals surface area (Å²) in [6.45, 7) is 4.03. The lowest BCUT2D eigenvalue weighted by Gasteiger charge is -2.08. The van der Waals surface area contributed by atoms with E-state index in [0.717, 1.165) is 6.20 Å². The van der Waals surface area contributed by atoms with E-state index in [4.69, 9.17) is 4.74 Å². The molecular formula is C18H19N3O6S. The molecule has 0 aliphatic heterocycles. The molecule has 148 valence electrons. The van der Waals surface area contributed by atoms with Crippen molar-refractivity contribution < 1.29 is 27.5 Å². The van der Waals surface area contributed by atoms with Crippen LogP contribution in [-0.4, -0.2) is 44.3 Å². The molecule has 0 radical (unpaired) electrons. The van der Waals surface area contributed by atoms with Gasteiger partial charge in [0.1, 0.15) is 5.69 Å². The lowest BCUT2D eigenvalue weighted by atomic mass is 10.2. The lowest BCUT2D eigenvalue weighted by molar-refractivity contribution is 0.0519. The molecule has 2 N–H and O–H groups in total. The van der Waals surface area contributed by atoms with Crippen molar-refractivity contribution in [3.63, 3.8) is 0 Å². The third kappa shape index (κ3) is 5.13. The first-order valence-electron chi connectivity index (χ1n) is 8.37. The monoisotopic (exact) mass is 405 g/mol. The number of rotatable bonds is 7. The summed E-state index contributed by atoms with van der Waals surface area (Å²) in [5.74, 6) is -1.88. The van der Waals surface area contributed by atoms with E-state index in [9.17, 15) is 22.8 Å². The van der Waals surface area contributed by atoms with Crippen molar-refractivity contribution in [2.24, 2.45) is 0 Å². The van der Waals surface area contributed by atoms with Crippen molar-refractivity contribution >= 4 is 27.8 Å². The molecule has 0 fully saturated rings. The van der Waals surface area contributed by atoms with Crippen LogP contribution < -0.4 is 10.0 Å². The van der Waals surface area contributed by atoms with Crippen LogP contribution in [0.25, 0.3) is 0 Å².